The highest BCUT2D eigenvalue weighted by Crippen LogP contribution is 2.31. The highest BCUT2D eigenvalue weighted by Gasteiger charge is 2.19. The van der Waals surface area contributed by atoms with Crippen LogP contribution in [-0.4, -0.2) is 37.2 Å². The quantitative estimate of drug-likeness (QED) is 0.324. The molecule has 0 unspecified atom stereocenters. The minimum absolute atomic E-state index is 0.0431. The van der Waals surface area contributed by atoms with Gasteiger partial charge in [0.15, 0.2) is 0 Å². The molecule has 0 saturated carbocycles. The molecule has 11 heteroatoms. The normalized spacial score (nSPS) is 11.3. The zero-order valence-corrected chi connectivity index (χ0v) is 21.3. The van der Waals surface area contributed by atoms with Crippen molar-refractivity contribution < 1.29 is 17.9 Å². The fourth-order valence-corrected chi connectivity index (χ4v) is 5.06. The van der Waals surface area contributed by atoms with Crippen LogP contribution in [0, 0.1) is 0 Å². The number of ether oxygens (including phenoxy) is 2. The van der Waals surface area contributed by atoms with Crippen LogP contribution >= 0.6 is 0 Å². The number of anilines is 2. The Hall–Kier alpha value is -4.90. The summed E-state index contributed by atoms with van der Waals surface area (Å²) in [5.74, 6) is 0.694. The molecule has 0 aliphatic heterocycles. The Balaban J connectivity index is 1.57. The lowest BCUT2D eigenvalue weighted by atomic mass is 10.0. The third-order valence-electron chi connectivity index (χ3n) is 5.90. The number of nitrogen functional groups attached to an aromatic ring is 1. The van der Waals surface area contributed by atoms with Gasteiger partial charge in [-0.05, 0) is 60.2 Å². The van der Waals surface area contributed by atoms with Gasteiger partial charge in [0, 0.05) is 11.8 Å². The van der Waals surface area contributed by atoms with E-state index in [4.69, 9.17) is 15.2 Å². The molecule has 5 rings (SSSR count). The van der Waals surface area contributed by atoms with Gasteiger partial charge in [-0.2, -0.15) is 0 Å². The van der Waals surface area contributed by atoms with Gasteiger partial charge in [0.1, 0.15) is 11.4 Å². The second-order valence-corrected chi connectivity index (χ2v) is 9.92. The Morgan fingerprint density at radius 3 is 2.32 bits per heavy atom. The van der Waals surface area contributed by atoms with Crippen LogP contribution in [0.5, 0.6) is 11.6 Å². The largest absolute Gasteiger partial charge is 0.497 e. The van der Waals surface area contributed by atoms with E-state index in [-0.39, 0.29) is 28.0 Å². The lowest BCUT2D eigenvalue weighted by molar-refractivity contribution is 0.400. The second kappa shape index (κ2) is 9.87. The highest BCUT2D eigenvalue weighted by molar-refractivity contribution is 7.92. The number of fused-ring (bicyclic) bond motifs is 1. The van der Waals surface area contributed by atoms with Crippen LogP contribution < -0.4 is 25.5 Å². The predicted molar refractivity (Wildman–Crippen MR) is 145 cm³/mol. The summed E-state index contributed by atoms with van der Waals surface area (Å²) in [7, 11) is -1.06. The summed E-state index contributed by atoms with van der Waals surface area (Å²) in [6.45, 7) is 0. The van der Waals surface area contributed by atoms with Crippen molar-refractivity contribution in [2.75, 3.05) is 24.7 Å². The van der Waals surface area contributed by atoms with E-state index in [9.17, 15) is 13.2 Å². The molecule has 2 aromatic heterocycles. The number of pyridine rings is 1. The number of nitrogens with one attached hydrogen (secondary N) is 1. The topological polar surface area (TPSA) is 138 Å². The molecule has 3 N–H and O–H groups in total. The molecule has 0 radical (unpaired) electrons. The zero-order chi connectivity index (χ0) is 26.9. The zero-order valence-electron chi connectivity index (χ0n) is 20.5. The van der Waals surface area contributed by atoms with E-state index in [1.165, 1.54) is 37.1 Å². The predicted octanol–water partition coefficient (Wildman–Crippen LogP) is 3.85. The fourth-order valence-electron chi connectivity index (χ4n) is 4.01. The standard InChI is InChI=1S/C27H23N5O5S/c1-36-20-9-11-21(12-10-20)38(34,35)31-24-15-18(16-29-25(24)37-2)17-8-13-23-22(14-17)26(33)32(27(28)30-23)19-6-4-3-5-7-19/h3-16,31H,1-2H3,(H2,28,30). The maximum atomic E-state index is 13.4. The van der Waals surface area contributed by atoms with E-state index in [1.54, 1.807) is 60.7 Å². The summed E-state index contributed by atoms with van der Waals surface area (Å²) >= 11 is 0. The van der Waals surface area contributed by atoms with Gasteiger partial charge in [0.05, 0.1) is 35.7 Å². The van der Waals surface area contributed by atoms with Crippen LogP contribution in [0.4, 0.5) is 11.6 Å². The first-order valence-corrected chi connectivity index (χ1v) is 12.9. The number of methoxy groups -OCH3 is 2. The third kappa shape index (κ3) is 4.62. The average Bonchev–Trinajstić information content (AvgIpc) is 2.93. The molecular weight excluding hydrogens is 506 g/mol. The van der Waals surface area contributed by atoms with Crippen LogP contribution in [0.3, 0.4) is 0 Å². The maximum Gasteiger partial charge on any atom is 0.267 e. The summed E-state index contributed by atoms with van der Waals surface area (Å²) < 4.78 is 40.3. The van der Waals surface area contributed by atoms with Gasteiger partial charge in [-0.3, -0.25) is 9.52 Å². The van der Waals surface area contributed by atoms with Gasteiger partial charge in [0.25, 0.3) is 15.6 Å². The number of nitrogens with two attached hydrogens (primary N) is 1. The summed E-state index contributed by atoms with van der Waals surface area (Å²) in [4.78, 5) is 22.1. The van der Waals surface area contributed by atoms with Crippen LogP contribution in [-0.2, 0) is 10.0 Å². The maximum absolute atomic E-state index is 13.4. The Morgan fingerprint density at radius 2 is 1.63 bits per heavy atom. The molecule has 5 aromatic rings. The van der Waals surface area contributed by atoms with Gasteiger partial charge in [-0.25, -0.2) is 23.0 Å². The van der Waals surface area contributed by atoms with E-state index < -0.39 is 10.0 Å². The number of aromatic nitrogens is 3. The Morgan fingerprint density at radius 1 is 0.895 bits per heavy atom. The number of rotatable bonds is 7. The van der Waals surface area contributed by atoms with E-state index >= 15 is 0 Å². The van der Waals surface area contributed by atoms with Crippen LogP contribution in [0.25, 0.3) is 27.7 Å². The molecule has 0 aliphatic carbocycles. The van der Waals surface area contributed by atoms with Crippen molar-refractivity contribution >= 4 is 32.6 Å². The van der Waals surface area contributed by atoms with Crippen molar-refractivity contribution in [3.63, 3.8) is 0 Å². The highest BCUT2D eigenvalue weighted by atomic mass is 32.2. The van der Waals surface area contributed by atoms with E-state index in [0.717, 1.165) is 0 Å². The minimum atomic E-state index is -3.96. The van der Waals surface area contributed by atoms with E-state index in [0.29, 0.717) is 33.5 Å². The molecule has 0 fully saturated rings. The lowest BCUT2D eigenvalue weighted by Crippen LogP contribution is -2.23. The van der Waals surface area contributed by atoms with Gasteiger partial charge >= 0.3 is 0 Å². The van der Waals surface area contributed by atoms with E-state index in [2.05, 4.69) is 14.7 Å². The van der Waals surface area contributed by atoms with Gasteiger partial charge in [0.2, 0.25) is 11.8 Å². The number of sulfonamides is 1. The molecular formula is C27H23N5O5S. The number of hydrogen-bond donors (Lipinski definition) is 2. The molecule has 0 atom stereocenters. The smallest absolute Gasteiger partial charge is 0.267 e. The molecule has 3 aromatic carbocycles. The van der Waals surface area contributed by atoms with Gasteiger partial charge in [-0.15, -0.1) is 0 Å². The van der Waals surface area contributed by atoms with Crippen LogP contribution in [0.2, 0.25) is 0 Å². The second-order valence-electron chi connectivity index (χ2n) is 8.24. The third-order valence-corrected chi connectivity index (χ3v) is 7.28. The number of hydrogen-bond acceptors (Lipinski definition) is 8. The number of benzene rings is 3. The van der Waals surface area contributed by atoms with Crippen molar-refractivity contribution in [3.8, 4) is 28.4 Å². The molecule has 0 spiro atoms. The molecule has 0 bridgehead atoms. The first kappa shape index (κ1) is 24.8. The first-order chi connectivity index (χ1) is 18.3. The monoisotopic (exact) mass is 529 g/mol. The molecule has 192 valence electrons. The van der Waals surface area contributed by atoms with Crippen molar-refractivity contribution in [2.24, 2.45) is 0 Å². The summed E-state index contributed by atoms with van der Waals surface area (Å²) in [6, 6.07) is 21.7. The van der Waals surface area contributed by atoms with Gasteiger partial charge < -0.3 is 15.2 Å². The minimum Gasteiger partial charge on any atom is -0.497 e. The summed E-state index contributed by atoms with van der Waals surface area (Å²) in [5.41, 5.74) is 8.12. The fraction of sp³-hybridized carbons (Fsp3) is 0.0741. The van der Waals surface area contributed by atoms with Crippen molar-refractivity contribution in [3.05, 3.63) is 95.4 Å². The number of nitrogens with zero attached hydrogens (tertiary/aromatic N) is 3. The Bertz CT molecular complexity index is 1800. The van der Waals surface area contributed by atoms with E-state index in [1.807, 2.05) is 6.07 Å². The summed E-state index contributed by atoms with van der Waals surface area (Å²) in [6.07, 6.45) is 1.53. The molecule has 38 heavy (non-hydrogen) atoms. The molecule has 2 heterocycles. The lowest BCUT2D eigenvalue weighted by Gasteiger charge is -2.14. The number of para-hydroxylation sites is 1. The molecule has 0 amide bonds. The molecule has 0 saturated heterocycles. The Kier molecular flexibility index (Phi) is 6.43. The average molecular weight is 530 g/mol. The SMILES string of the molecule is COc1ccc(S(=O)(=O)Nc2cc(-c3ccc4nc(N)n(-c5ccccc5)c(=O)c4c3)cnc2OC)cc1. The van der Waals surface area contributed by atoms with Crippen molar-refractivity contribution in [2.45, 2.75) is 4.90 Å². The van der Waals surface area contributed by atoms with Crippen LogP contribution in [0.1, 0.15) is 0 Å². The van der Waals surface area contributed by atoms with Crippen LogP contribution in [0.15, 0.2) is 94.7 Å². The summed E-state index contributed by atoms with van der Waals surface area (Å²) in [5, 5.41) is 0.344. The van der Waals surface area contributed by atoms with Crippen molar-refractivity contribution in [1.29, 1.82) is 0 Å². The molecule has 0 aliphatic rings. The first-order valence-electron chi connectivity index (χ1n) is 11.4. The van der Waals surface area contributed by atoms with Gasteiger partial charge in [-0.1, -0.05) is 24.3 Å². The molecule has 10 nitrogen and oxygen atoms in total. The Labute approximate surface area is 218 Å². The van der Waals surface area contributed by atoms with Crippen molar-refractivity contribution in [1.82, 2.24) is 14.5 Å².